The predicted octanol–water partition coefficient (Wildman–Crippen LogP) is 5.82. The SMILES string of the molecule is CN(NC1CCCCCCCCC1)C1CCCCCCCC1. The molecule has 0 radical (unpaired) electrons. The van der Waals surface area contributed by atoms with Crippen molar-refractivity contribution in [2.75, 3.05) is 7.05 Å². The molecule has 130 valence electrons. The van der Waals surface area contributed by atoms with Crippen LogP contribution in [-0.2, 0) is 0 Å². The second-order valence-corrected chi connectivity index (χ2v) is 7.84. The molecule has 0 aliphatic heterocycles. The Hall–Kier alpha value is -0.0800. The third kappa shape index (κ3) is 7.46. The summed E-state index contributed by atoms with van der Waals surface area (Å²) in [5, 5.41) is 2.52. The zero-order valence-corrected chi connectivity index (χ0v) is 15.1. The molecule has 2 fully saturated rings. The molecule has 0 saturated heterocycles. The van der Waals surface area contributed by atoms with Gasteiger partial charge in [0.2, 0.25) is 0 Å². The Morgan fingerprint density at radius 3 is 1.36 bits per heavy atom. The summed E-state index contributed by atoms with van der Waals surface area (Å²) in [6.07, 6.45) is 24.4. The minimum atomic E-state index is 0.732. The number of hydrogen-bond acceptors (Lipinski definition) is 2. The third-order valence-electron chi connectivity index (χ3n) is 5.86. The summed E-state index contributed by atoms with van der Waals surface area (Å²) in [4.78, 5) is 0. The van der Waals surface area contributed by atoms with E-state index in [1.807, 2.05) is 0 Å². The van der Waals surface area contributed by atoms with E-state index in [0.29, 0.717) is 0 Å². The molecule has 0 atom stereocenters. The monoisotopic (exact) mass is 308 g/mol. The van der Waals surface area contributed by atoms with Crippen molar-refractivity contribution in [1.29, 1.82) is 0 Å². The molecule has 0 spiro atoms. The smallest absolute Gasteiger partial charge is 0.0240 e. The quantitative estimate of drug-likeness (QED) is 0.661. The molecular formula is C20H40N2. The Morgan fingerprint density at radius 2 is 0.909 bits per heavy atom. The van der Waals surface area contributed by atoms with Crippen molar-refractivity contribution >= 4 is 0 Å². The summed E-state index contributed by atoms with van der Waals surface area (Å²) >= 11 is 0. The summed E-state index contributed by atoms with van der Waals surface area (Å²) in [5.41, 5.74) is 3.91. The first-order valence-electron chi connectivity index (χ1n) is 10.4. The molecule has 0 heterocycles. The van der Waals surface area contributed by atoms with Crippen molar-refractivity contribution in [1.82, 2.24) is 10.4 Å². The van der Waals surface area contributed by atoms with Crippen LogP contribution in [-0.4, -0.2) is 24.1 Å². The van der Waals surface area contributed by atoms with Crippen LogP contribution in [0.15, 0.2) is 0 Å². The van der Waals surface area contributed by atoms with E-state index in [-0.39, 0.29) is 0 Å². The molecule has 0 bridgehead atoms. The molecule has 2 saturated carbocycles. The fourth-order valence-electron chi connectivity index (χ4n) is 4.33. The van der Waals surface area contributed by atoms with Crippen molar-refractivity contribution < 1.29 is 0 Å². The summed E-state index contributed by atoms with van der Waals surface area (Å²) in [6.45, 7) is 0. The largest absolute Gasteiger partial charge is 0.252 e. The average Bonchev–Trinajstić information content (AvgIpc) is 2.67. The Morgan fingerprint density at radius 1 is 0.545 bits per heavy atom. The van der Waals surface area contributed by atoms with Gasteiger partial charge in [-0.3, -0.25) is 5.43 Å². The van der Waals surface area contributed by atoms with Crippen LogP contribution in [0.25, 0.3) is 0 Å². The maximum absolute atomic E-state index is 3.91. The first-order chi connectivity index (χ1) is 10.9. The van der Waals surface area contributed by atoms with Gasteiger partial charge in [-0.1, -0.05) is 83.5 Å². The second kappa shape index (κ2) is 11.5. The number of nitrogens with one attached hydrogen (secondary N) is 1. The number of rotatable bonds is 3. The van der Waals surface area contributed by atoms with Crippen LogP contribution >= 0.6 is 0 Å². The first-order valence-corrected chi connectivity index (χ1v) is 10.4. The van der Waals surface area contributed by atoms with Gasteiger partial charge in [-0.25, -0.2) is 5.01 Å². The minimum Gasteiger partial charge on any atom is -0.252 e. The molecule has 0 amide bonds. The van der Waals surface area contributed by atoms with Gasteiger partial charge in [0.15, 0.2) is 0 Å². The third-order valence-corrected chi connectivity index (χ3v) is 5.86. The second-order valence-electron chi connectivity index (χ2n) is 7.84. The molecule has 2 aliphatic rings. The molecular weight excluding hydrogens is 268 g/mol. The Kier molecular flexibility index (Phi) is 9.51. The molecule has 22 heavy (non-hydrogen) atoms. The van der Waals surface area contributed by atoms with Crippen molar-refractivity contribution in [2.24, 2.45) is 0 Å². The van der Waals surface area contributed by atoms with Gasteiger partial charge in [0.25, 0.3) is 0 Å². The van der Waals surface area contributed by atoms with Crippen LogP contribution in [0.2, 0.25) is 0 Å². The molecule has 1 N–H and O–H groups in total. The van der Waals surface area contributed by atoms with E-state index in [4.69, 9.17) is 0 Å². The molecule has 2 heteroatoms. The Balaban J connectivity index is 1.77. The number of nitrogens with zero attached hydrogens (tertiary/aromatic N) is 1. The minimum absolute atomic E-state index is 0.732. The first kappa shape index (κ1) is 18.3. The summed E-state index contributed by atoms with van der Waals surface area (Å²) in [7, 11) is 2.32. The summed E-state index contributed by atoms with van der Waals surface area (Å²) in [6, 6.07) is 1.50. The molecule has 0 aromatic heterocycles. The highest BCUT2D eigenvalue weighted by molar-refractivity contribution is 4.73. The van der Waals surface area contributed by atoms with Gasteiger partial charge in [0.05, 0.1) is 0 Å². The van der Waals surface area contributed by atoms with Gasteiger partial charge in [-0.05, 0) is 25.7 Å². The Bertz CT molecular complexity index is 246. The molecule has 2 nitrogen and oxygen atoms in total. The molecule has 0 unspecified atom stereocenters. The lowest BCUT2D eigenvalue weighted by Gasteiger charge is -2.33. The van der Waals surface area contributed by atoms with Crippen LogP contribution < -0.4 is 5.43 Å². The molecule has 2 aliphatic carbocycles. The number of hydrazine groups is 1. The van der Waals surface area contributed by atoms with E-state index in [9.17, 15) is 0 Å². The lowest BCUT2D eigenvalue weighted by Crippen LogP contribution is -2.48. The van der Waals surface area contributed by atoms with Crippen molar-refractivity contribution in [2.45, 2.75) is 121 Å². The highest BCUT2D eigenvalue weighted by atomic mass is 15.5. The van der Waals surface area contributed by atoms with Gasteiger partial charge in [-0.15, -0.1) is 0 Å². The lowest BCUT2D eigenvalue weighted by molar-refractivity contribution is 0.111. The van der Waals surface area contributed by atoms with E-state index >= 15 is 0 Å². The van der Waals surface area contributed by atoms with E-state index in [1.54, 1.807) is 0 Å². The van der Waals surface area contributed by atoms with Crippen LogP contribution in [0.4, 0.5) is 0 Å². The zero-order valence-electron chi connectivity index (χ0n) is 15.1. The summed E-state index contributed by atoms with van der Waals surface area (Å²) in [5.74, 6) is 0. The maximum Gasteiger partial charge on any atom is 0.0240 e. The molecule has 0 aromatic carbocycles. The fraction of sp³-hybridized carbons (Fsp3) is 1.00. The van der Waals surface area contributed by atoms with E-state index < -0.39 is 0 Å². The van der Waals surface area contributed by atoms with Crippen molar-refractivity contribution in [3.63, 3.8) is 0 Å². The van der Waals surface area contributed by atoms with E-state index in [0.717, 1.165) is 12.1 Å². The van der Waals surface area contributed by atoms with E-state index in [2.05, 4.69) is 17.5 Å². The predicted molar refractivity (Wildman–Crippen MR) is 97.0 cm³/mol. The molecule has 0 aromatic rings. The highest BCUT2D eigenvalue weighted by Crippen LogP contribution is 2.21. The van der Waals surface area contributed by atoms with Crippen LogP contribution in [0, 0.1) is 0 Å². The standard InChI is InChI=1S/C20H40N2/c1-22(20-17-13-9-5-6-10-14-18-20)21-19-15-11-7-3-2-4-8-12-16-19/h19-21H,2-18H2,1H3. The average molecular weight is 309 g/mol. The van der Waals surface area contributed by atoms with Gasteiger partial charge in [-0.2, -0.15) is 0 Å². The van der Waals surface area contributed by atoms with Crippen LogP contribution in [0.5, 0.6) is 0 Å². The van der Waals surface area contributed by atoms with Gasteiger partial charge in [0.1, 0.15) is 0 Å². The number of hydrogen-bond donors (Lipinski definition) is 1. The molecule has 2 rings (SSSR count). The van der Waals surface area contributed by atoms with Gasteiger partial charge >= 0.3 is 0 Å². The van der Waals surface area contributed by atoms with Crippen molar-refractivity contribution in [3.8, 4) is 0 Å². The lowest BCUT2D eigenvalue weighted by atomic mass is 9.97. The normalized spacial score (nSPS) is 25.4. The van der Waals surface area contributed by atoms with E-state index in [1.165, 1.54) is 109 Å². The van der Waals surface area contributed by atoms with Crippen molar-refractivity contribution in [3.05, 3.63) is 0 Å². The van der Waals surface area contributed by atoms with Crippen LogP contribution in [0.3, 0.4) is 0 Å². The zero-order chi connectivity index (χ0) is 15.5. The fourth-order valence-corrected chi connectivity index (χ4v) is 4.33. The summed E-state index contributed by atoms with van der Waals surface area (Å²) < 4.78 is 0. The van der Waals surface area contributed by atoms with Gasteiger partial charge in [0, 0.05) is 19.1 Å². The Labute approximate surface area is 139 Å². The topological polar surface area (TPSA) is 15.3 Å². The van der Waals surface area contributed by atoms with Gasteiger partial charge < -0.3 is 0 Å². The highest BCUT2D eigenvalue weighted by Gasteiger charge is 2.19. The maximum atomic E-state index is 3.91. The van der Waals surface area contributed by atoms with Crippen LogP contribution in [0.1, 0.15) is 109 Å².